The van der Waals surface area contributed by atoms with Gasteiger partial charge in [-0.05, 0) is 18.4 Å². The van der Waals surface area contributed by atoms with Gasteiger partial charge in [0, 0.05) is 19.8 Å². The van der Waals surface area contributed by atoms with Crippen LogP contribution in [0.5, 0.6) is 0 Å². The van der Waals surface area contributed by atoms with Crippen LogP contribution in [-0.4, -0.2) is 34.0 Å². The van der Waals surface area contributed by atoms with Gasteiger partial charge in [0.25, 0.3) is 0 Å². The fourth-order valence-electron chi connectivity index (χ4n) is 2.90. The van der Waals surface area contributed by atoms with Crippen LogP contribution < -0.4 is 5.73 Å². The number of hydrogen-bond acceptors (Lipinski definition) is 3. The topological polar surface area (TPSA) is 64.2 Å². The molecule has 0 radical (unpaired) electrons. The monoisotopic (exact) mass is 284 g/mol. The van der Waals surface area contributed by atoms with Crippen LogP contribution in [0.2, 0.25) is 0 Å². The molecule has 0 saturated carbocycles. The first kappa shape index (κ1) is 13.8. The fraction of sp³-hybridized carbons (Fsp3) is 0.375. The van der Waals surface area contributed by atoms with Crippen molar-refractivity contribution in [2.45, 2.75) is 24.9 Å². The second-order valence-electron chi connectivity index (χ2n) is 5.59. The Labute approximate surface area is 124 Å². The molecule has 21 heavy (non-hydrogen) atoms. The molecule has 2 aromatic rings. The number of likely N-dealkylation sites (tertiary alicyclic amines) is 1. The molecule has 1 fully saturated rings. The van der Waals surface area contributed by atoms with Gasteiger partial charge in [0.05, 0.1) is 18.1 Å². The van der Waals surface area contributed by atoms with E-state index in [9.17, 15) is 4.79 Å². The smallest absolute Gasteiger partial charge is 0.245 e. The molecule has 2 N–H and O–H groups in total. The van der Waals surface area contributed by atoms with E-state index in [0.29, 0.717) is 0 Å². The normalized spacial score (nSPS) is 20.0. The van der Waals surface area contributed by atoms with Crippen molar-refractivity contribution in [3.63, 3.8) is 0 Å². The van der Waals surface area contributed by atoms with E-state index < -0.39 is 0 Å². The van der Waals surface area contributed by atoms with Crippen LogP contribution in [0.15, 0.2) is 42.9 Å². The Hall–Kier alpha value is -2.14. The van der Waals surface area contributed by atoms with Crippen LogP contribution in [0.4, 0.5) is 0 Å². The zero-order chi connectivity index (χ0) is 14.8. The maximum atomic E-state index is 12.2. The van der Waals surface area contributed by atoms with Crippen molar-refractivity contribution in [1.82, 2.24) is 14.5 Å². The van der Waals surface area contributed by atoms with Crippen molar-refractivity contribution in [1.29, 1.82) is 0 Å². The Morgan fingerprint density at radius 3 is 2.81 bits per heavy atom. The molecule has 2 atom stereocenters. The first-order valence-corrected chi connectivity index (χ1v) is 7.23. The number of carbonyl (C=O) groups excluding carboxylic acids is 1. The standard InChI is InChI=1S/C16H20N4O/c1-19-8-7-14(16(19)21)20-11-18-10-15(20)13(17)9-12-5-3-2-4-6-12/h2-6,10-11,13-14H,7-9,17H2,1H3/t13-,14?/m1/s1. The summed E-state index contributed by atoms with van der Waals surface area (Å²) in [4.78, 5) is 18.1. The third-order valence-corrected chi connectivity index (χ3v) is 4.11. The number of amides is 1. The zero-order valence-electron chi connectivity index (χ0n) is 12.1. The van der Waals surface area contributed by atoms with E-state index in [1.807, 2.05) is 29.8 Å². The van der Waals surface area contributed by atoms with Crippen molar-refractivity contribution in [2.75, 3.05) is 13.6 Å². The van der Waals surface area contributed by atoms with Crippen molar-refractivity contribution in [3.05, 3.63) is 54.1 Å². The Morgan fingerprint density at radius 1 is 1.38 bits per heavy atom. The summed E-state index contributed by atoms with van der Waals surface area (Å²) in [6.45, 7) is 0.787. The summed E-state index contributed by atoms with van der Waals surface area (Å²) in [6, 6.07) is 9.82. The third kappa shape index (κ3) is 2.69. The highest BCUT2D eigenvalue weighted by Crippen LogP contribution is 2.26. The highest BCUT2D eigenvalue weighted by Gasteiger charge is 2.32. The molecule has 1 aromatic carbocycles. The molecule has 5 nitrogen and oxygen atoms in total. The minimum absolute atomic E-state index is 0.140. The molecule has 1 aromatic heterocycles. The Balaban J connectivity index is 1.80. The number of hydrogen-bond donors (Lipinski definition) is 1. The summed E-state index contributed by atoms with van der Waals surface area (Å²) < 4.78 is 1.94. The minimum Gasteiger partial charge on any atom is -0.344 e. The summed E-state index contributed by atoms with van der Waals surface area (Å²) in [6.07, 6.45) is 5.06. The molecule has 1 aliphatic heterocycles. The Kier molecular flexibility index (Phi) is 3.75. The molecule has 1 amide bonds. The molecular formula is C16H20N4O. The number of nitrogens with two attached hydrogens (primary N) is 1. The number of aromatic nitrogens is 2. The minimum atomic E-state index is -0.159. The second kappa shape index (κ2) is 5.69. The van der Waals surface area contributed by atoms with E-state index in [-0.39, 0.29) is 18.0 Å². The molecule has 5 heteroatoms. The van der Waals surface area contributed by atoms with Crippen LogP contribution in [0, 0.1) is 0 Å². The maximum absolute atomic E-state index is 12.2. The first-order chi connectivity index (χ1) is 10.2. The highest BCUT2D eigenvalue weighted by atomic mass is 16.2. The van der Waals surface area contributed by atoms with Crippen LogP contribution in [0.1, 0.15) is 29.8 Å². The zero-order valence-corrected chi connectivity index (χ0v) is 12.1. The Morgan fingerprint density at radius 2 is 2.14 bits per heavy atom. The molecule has 2 heterocycles. The maximum Gasteiger partial charge on any atom is 0.245 e. The molecule has 1 saturated heterocycles. The van der Waals surface area contributed by atoms with Crippen molar-refractivity contribution >= 4 is 5.91 Å². The first-order valence-electron chi connectivity index (χ1n) is 7.23. The van der Waals surface area contributed by atoms with Gasteiger partial charge >= 0.3 is 0 Å². The van der Waals surface area contributed by atoms with Gasteiger partial charge < -0.3 is 15.2 Å². The predicted octanol–water partition coefficient (Wildman–Crippen LogP) is 1.53. The van der Waals surface area contributed by atoms with E-state index in [2.05, 4.69) is 17.1 Å². The van der Waals surface area contributed by atoms with E-state index in [1.165, 1.54) is 5.56 Å². The van der Waals surface area contributed by atoms with Gasteiger partial charge in [-0.3, -0.25) is 4.79 Å². The van der Waals surface area contributed by atoms with Crippen LogP contribution >= 0.6 is 0 Å². The lowest BCUT2D eigenvalue weighted by molar-refractivity contribution is -0.129. The van der Waals surface area contributed by atoms with Crippen LogP contribution in [0.25, 0.3) is 0 Å². The molecule has 0 aliphatic carbocycles. The number of rotatable bonds is 4. The fourth-order valence-corrected chi connectivity index (χ4v) is 2.90. The van der Waals surface area contributed by atoms with Gasteiger partial charge in [-0.1, -0.05) is 30.3 Å². The summed E-state index contributed by atoms with van der Waals surface area (Å²) in [5.74, 6) is 0.140. The summed E-state index contributed by atoms with van der Waals surface area (Å²) in [5.41, 5.74) is 8.45. The molecule has 0 spiro atoms. The Bertz CT molecular complexity index is 622. The summed E-state index contributed by atoms with van der Waals surface area (Å²) in [5, 5.41) is 0. The van der Waals surface area contributed by atoms with Crippen molar-refractivity contribution in [3.8, 4) is 0 Å². The van der Waals surface area contributed by atoms with Crippen LogP contribution in [0.3, 0.4) is 0 Å². The van der Waals surface area contributed by atoms with Gasteiger partial charge in [0.2, 0.25) is 5.91 Å². The third-order valence-electron chi connectivity index (χ3n) is 4.11. The number of likely N-dealkylation sites (N-methyl/N-ethyl adjacent to an activating group) is 1. The number of benzene rings is 1. The molecular weight excluding hydrogens is 264 g/mol. The van der Waals surface area contributed by atoms with Crippen LogP contribution in [-0.2, 0) is 11.2 Å². The van der Waals surface area contributed by atoms with Crippen molar-refractivity contribution < 1.29 is 4.79 Å². The van der Waals surface area contributed by atoms with Gasteiger partial charge in [-0.2, -0.15) is 0 Å². The average Bonchev–Trinajstić information content (AvgIpc) is 3.08. The number of imidazole rings is 1. The lowest BCUT2D eigenvalue weighted by Crippen LogP contribution is -2.27. The molecule has 0 bridgehead atoms. The van der Waals surface area contributed by atoms with Crippen molar-refractivity contribution in [2.24, 2.45) is 5.73 Å². The molecule has 110 valence electrons. The quantitative estimate of drug-likeness (QED) is 0.926. The van der Waals surface area contributed by atoms with Gasteiger partial charge in [0.1, 0.15) is 6.04 Å². The van der Waals surface area contributed by atoms with Gasteiger partial charge in [-0.15, -0.1) is 0 Å². The second-order valence-corrected chi connectivity index (χ2v) is 5.59. The largest absolute Gasteiger partial charge is 0.344 e. The molecule has 1 unspecified atom stereocenters. The lowest BCUT2D eigenvalue weighted by Gasteiger charge is -2.18. The van der Waals surface area contributed by atoms with E-state index in [4.69, 9.17) is 5.73 Å². The van der Waals surface area contributed by atoms with E-state index in [1.54, 1.807) is 17.4 Å². The SMILES string of the molecule is CN1CCC(n2cncc2[C@H](N)Cc2ccccc2)C1=O. The summed E-state index contributed by atoms with van der Waals surface area (Å²) in [7, 11) is 1.84. The van der Waals surface area contributed by atoms with E-state index in [0.717, 1.165) is 25.1 Å². The van der Waals surface area contributed by atoms with Gasteiger partial charge in [-0.25, -0.2) is 4.98 Å². The van der Waals surface area contributed by atoms with Gasteiger partial charge in [0.15, 0.2) is 0 Å². The molecule has 1 aliphatic rings. The average molecular weight is 284 g/mol. The van der Waals surface area contributed by atoms with E-state index >= 15 is 0 Å². The molecule has 3 rings (SSSR count). The lowest BCUT2D eigenvalue weighted by atomic mass is 10.0. The number of nitrogens with zero attached hydrogens (tertiary/aromatic N) is 3. The predicted molar refractivity (Wildman–Crippen MR) is 80.6 cm³/mol. The number of carbonyl (C=O) groups is 1. The summed E-state index contributed by atoms with van der Waals surface area (Å²) >= 11 is 0. The highest BCUT2D eigenvalue weighted by molar-refractivity contribution is 5.82.